The molecule has 1 N–H and O–H groups in total. The van der Waals surface area contributed by atoms with Crippen molar-refractivity contribution in [2.75, 3.05) is 25.2 Å². The fourth-order valence-corrected chi connectivity index (χ4v) is 3.77. The minimum Gasteiger partial charge on any atom is -0.484 e. The molecule has 1 unspecified atom stereocenters. The SMILES string of the molecule is CSCCC(NC(=O)COc1ccccc1)C(=O)N1CCc2ccccc2C1. The normalized spacial score (nSPS) is 14.1. The molecule has 0 aromatic heterocycles. The Labute approximate surface area is 170 Å². The van der Waals surface area contributed by atoms with Crippen molar-refractivity contribution in [1.82, 2.24) is 10.2 Å². The maximum absolute atomic E-state index is 13.1. The average Bonchev–Trinajstić information content (AvgIpc) is 2.75. The number of thioether (sulfide) groups is 1. The predicted molar refractivity (Wildman–Crippen MR) is 112 cm³/mol. The number of amides is 2. The van der Waals surface area contributed by atoms with Crippen LogP contribution in [0.2, 0.25) is 0 Å². The zero-order chi connectivity index (χ0) is 19.8. The van der Waals surface area contributed by atoms with Crippen molar-refractivity contribution in [2.24, 2.45) is 0 Å². The Hall–Kier alpha value is -2.47. The molecule has 1 aliphatic rings. The lowest BCUT2D eigenvalue weighted by atomic mass is 9.99. The molecule has 1 aliphatic heterocycles. The minimum absolute atomic E-state index is 0.0170. The highest BCUT2D eigenvalue weighted by molar-refractivity contribution is 7.98. The highest BCUT2D eigenvalue weighted by atomic mass is 32.2. The summed E-state index contributed by atoms with van der Waals surface area (Å²) in [5, 5.41) is 2.87. The van der Waals surface area contributed by atoms with E-state index in [1.165, 1.54) is 11.1 Å². The van der Waals surface area contributed by atoms with Crippen molar-refractivity contribution in [3.05, 3.63) is 65.7 Å². The number of ether oxygens (including phenoxy) is 1. The number of para-hydroxylation sites is 1. The van der Waals surface area contributed by atoms with Gasteiger partial charge in [-0.3, -0.25) is 9.59 Å². The van der Waals surface area contributed by atoms with Gasteiger partial charge in [0.1, 0.15) is 11.8 Å². The smallest absolute Gasteiger partial charge is 0.258 e. The van der Waals surface area contributed by atoms with Crippen molar-refractivity contribution < 1.29 is 14.3 Å². The Bertz CT molecular complexity index is 797. The van der Waals surface area contributed by atoms with Gasteiger partial charge >= 0.3 is 0 Å². The lowest BCUT2D eigenvalue weighted by Gasteiger charge is -2.32. The van der Waals surface area contributed by atoms with Crippen molar-refractivity contribution in [2.45, 2.75) is 25.4 Å². The molecule has 2 aromatic rings. The summed E-state index contributed by atoms with van der Waals surface area (Å²) in [6, 6.07) is 16.9. The number of fused-ring (bicyclic) bond motifs is 1. The van der Waals surface area contributed by atoms with E-state index < -0.39 is 6.04 Å². The molecule has 2 aromatic carbocycles. The second kappa shape index (κ2) is 10.2. The first-order valence-corrected chi connectivity index (χ1v) is 10.9. The summed E-state index contributed by atoms with van der Waals surface area (Å²) >= 11 is 1.67. The summed E-state index contributed by atoms with van der Waals surface area (Å²) in [6.07, 6.45) is 3.45. The Morgan fingerprint density at radius 3 is 2.57 bits per heavy atom. The van der Waals surface area contributed by atoms with Gasteiger partial charge in [0.15, 0.2) is 6.61 Å². The van der Waals surface area contributed by atoms with Crippen LogP contribution in [-0.4, -0.2) is 47.9 Å². The number of carbonyl (C=O) groups is 2. The van der Waals surface area contributed by atoms with Crippen LogP contribution in [0.15, 0.2) is 54.6 Å². The van der Waals surface area contributed by atoms with Gasteiger partial charge in [-0.1, -0.05) is 42.5 Å². The maximum atomic E-state index is 13.1. The average molecular weight is 399 g/mol. The van der Waals surface area contributed by atoms with E-state index in [1.54, 1.807) is 23.9 Å². The Morgan fingerprint density at radius 1 is 1.11 bits per heavy atom. The topological polar surface area (TPSA) is 58.6 Å². The van der Waals surface area contributed by atoms with Gasteiger partial charge in [-0.25, -0.2) is 0 Å². The minimum atomic E-state index is -0.524. The Balaban J connectivity index is 1.59. The zero-order valence-electron chi connectivity index (χ0n) is 16.1. The summed E-state index contributed by atoms with van der Waals surface area (Å²) in [5.41, 5.74) is 2.48. The summed E-state index contributed by atoms with van der Waals surface area (Å²) in [7, 11) is 0. The first-order chi connectivity index (χ1) is 13.7. The van der Waals surface area contributed by atoms with E-state index in [0.29, 0.717) is 25.3 Å². The molecule has 0 saturated heterocycles. The molecule has 1 atom stereocenters. The van der Waals surface area contributed by atoms with Crippen LogP contribution in [0.4, 0.5) is 0 Å². The van der Waals surface area contributed by atoms with E-state index in [-0.39, 0.29) is 18.4 Å². The van der Waals surface area contributed by atoms with Crippen molar-refractivity contribution in [1.29, 1.82) is 0 Å². The van der Waals surface area contributed by atoms with Crippen LogP contribution in [0.5, 0.6) is 5.75 Å². The number of nitrogens with zero attached hydrogens (tertiary/aromatic N) is 1. The van der Waals surface area contributed by atoms with Crippen LogP contribution in [0.1, 0.15) is 17.5 Å². The summed E-state index contributed by atoms with van der Waals surface area (Å²) < 4.78 is 5.50. The maximum Gasteiger partial charge on any atom is 0.258 e. The largest absolute Gasteiger partial charge is 0.484 e. The standard InChI is InChI=1S/C22H26N2O3S/c1-28-14-12-20(23-21(25)16-27-19-9-3-2-4-10-19)22(26)24-13-11-17-7-5-6-8-18(17)15-24/h2-10,20H,11-16H2,1H3,(H,23,25). The number of hydrogen-bond acceptors (Lipinski definition) is 4. The van der Waals surface area contributed by atoms with Gasteiger partial charge in [0, 0.05) is 13.1 Å². The fraction of sp³-hybridized carbons (Fsp3) is 0.364. The van der Waals surface area contributed by atoms with Gasteiger partial charge in [-0.05, 0) is 48.1 Å². The van der Waals surface area contributed by atoms with Gasteiger partial charge in [-0.15, -0.1) is 0 Å². The van der Waals surface area contributed by atoms with E-state index in [1.807, 2.05) is 41.5 Å². The molecule has 0 aliphatic carbocycles. The lowest BCUT2D eigenvalue weighted by Crippen LogP contribution is -2.51. The third kappa shape index (κ3) is 5.52. The van der Waals surface area contributed by atoms with Crippen LogP contribution in [0.3, 0.4) is 0 Å². The molecule has 28 heavy (non-hydrogen) atoms. The molecular formula is C22H26N2O3S. The number of rotatable bonds is 8. The van der Waals surface area contributed by atoms with Gasteiger partial charge in [0.2, 0.25) is 5.91 Å². The van der Waals surface area contributed by atoms with E-state index in [0.717, 1.165) is 12.2 Å². The molecular weight excluding hydrogens is 372 g/mol. The molecule has 0 spiro atoms. The van der Waals surface area contributed by atoms with Gasteiger partial charge in [-0.2, -0.15) is 11.8 Å². The van der Waals surface area contributed by atoms with Gasteiger partial charge < -0.3 is 15.0 Å². The molecule has 0 saturated carbocycles. The van der Waals surface area contributed by atoms with E-state index in [2.05, 4.69) is 17.4 Å². The third-order valence-corrected chi connectivity index (χ3v) is 5.44. The molecule has 5 nitrogen and oxygen atoms in total. The van der Waals surface area contributed by atoms with Crippen LogP contribution in [0.25, 0.3) is 0 Å². The molecule has 148 valence electrons. The first-order valence-electron chi connectivity index (χ1n) is 9.49. The first kappa shape index (κ1) is 20.3. The van der Waals surface area contributed by atoms with E-state index >= 15 is 0 Å². The summed E-state index contributed by atoms with van der Waals surface area (Å²) in [6.45, 7) is 1.18. The molecule has 6 heteroatoms. The molecule has 3 rings (SSSR count). The second-order valence-electron chi connectivity index (χ2n) is 6.78. The highest BCUT2D eigenvalue weighted by Gasteiger charge is 2.28. The van der Waals surface area contributed by atoms with Gasteiger partial charge in [0.05, 0.1) is 0 Å². The number of benzene rings is 2. The van der Waals surface area contributed by atoms with E-state index in [9.17, 15) is 9.59 Å². The molecule has 2 amide bonds. The number of carbonyl (C=O) groups excluding carboxylic acids is 2. The summed E-state index contributed by atoms with van der Waals surface area (Å²) in [5.74, 6) is 1.15. The number of nitrogens with one attached hydrogen (secondary N) is 1. The quantitative estimate of drug-likeness (QED) is 0.743. The molecule has 0 radical (unpaired) electrons. The fourth-order valence-electron chi connectivity index (χ4n) is 3.30. The lowest BCUT2D eigenvalue weighted by molar-refractivity contribution is -0.137. The van der Waals surface area contributed by atoms with Crippen molar-refractivity contribution >= 4 is 23.6 Å². The third-order valence-electron chi connectivity index (χ3n) is 4.80. The molecule has 0 bridgehead atoms. The van der Waals surface area contributed by atoms with Crippen molar-refractivity contribution in [3.63, 3.8) is 0 Å². The van der Waals surface area contributed by atoms with E-state index in [4.69, 9.17) is 4.74 Å². The summed E-state index contributed by atoms with van der Waals surface area (Å²) in [4.78, 5) is 27.3. The van der Waals surface area contributed by atoms with Crippen LogP contribution in [0, 0.1) is 0 Å². The van der Waals surface area contributed by atoms with Crippen molar-refractivity contribution in [3.8, 4) is 5.75 Å². The van der Waals surface area contributed by atoms with Crippen LogP contribution < -0.4 is 10.1 Å². The number of hydrogen-bond donors (Lipinski definition) is 1. The Kier molecular flexibility index (Phi) is 7.37. The Morgan fingerprint density at radius 2 is 1.82 bits per heavy atom. The predicted octanol–water partition coefficient (Wildman–Crippen LogP) is 2.89. The highest BCUT2D eigenvalue weighted by Crippen LogP contribution is 2.20. The van der Waals surface area contributed by atoms with Crippen LogP contribution in [-0.2, 0) is 22.6 Å². The monoisotopic (exact) mass is 398 g/mol. The van der Waals surface area contributed by atoms with Crippen LogP contribution >= 0.6 is 11.8 Å². The van der Waals surface area contributed by atoms with Gasteiger partial charge in [0.25, 0.3) is 5.91 Å². The molecule has 1 heterocycles. The zero-order valence-corrected chi connectivity index (χ0v) is 16.9. The second-order valence-corrected chi connectivity index (χ2v) is 7.77. The molecule has 0 fully saturated rings.